The number of carbonyl (C=O) groups is 2. The van der Waals surface area contributed by atoms with Gasteiger partial charge in [-0.2, -0.15) is 0 Å². The minimum Gasteiger partial charge on any atom is -0.338 e. The van der Waals surface area contributed by atoms with E-state index < -0.39 is 0 Å². The number of rotatable bonds is 4. The Labute approximate surface area is 155 Å². The molecule has 0 aliphatic carbocycles. The molecule has 0 aromatic heterocycles. The first-order valence-corrected chi connectivity index (χ1v) is 9.03. The predicted octanol–water partition coefficient (Wildman–Crippen LogP) is 3.72. The van der Waals surface area contributed by atoms with Gasteiger partial charge in [-0.05, 0) is 36.1 Å². The Morgan fingerprint density at radius 2 is 1.96 bits per heavy atom. The summed E-state index contributed by atoms with van der Waals surface area (Å²) in [6.45, 7) is 2.73. The van der Waals surface area contributed by atoms with E-state index in [4.69, 9.17) is 0 Å². The first-order chi connectivity index (χ1) is 12.0. The number of benzene rings is 2. The summed E-state index contributed by atoms with van der Waals surface area (Å²) in [7, 11) is 0. The molecule has 0 radical (unpaired) electrons. The van der Waals surface area contributed by atoms with Crippen LogP contribution < -0.4 is 15.5 Å². The lowest BCUT2D eigenvalue weighted by molar-refractivity contribution is -0.116. The van der Waals surface area contributed by atoms with Gasteiger partial charge < -0.3 is 15.5 Å². The molecule has 0 saturated heterocycles. The standard InChI is InChI=1S/C19H20BrN3O2/c1-13(24)23-10-8-15-11-16(20)12-17(18(15)23)22-19(25)21-9-7-14-5-3-2-4-6-14/h2-6,11-12H,7-10H2,1H3,(H2,21,22,25). The van der Waals surface area contributed by atoms with E-state index in [1.54, 1.807) is 11.8 Å². The van der Waals surface area contributed by atoms with Crippen LogP contribution in [0, 0.1) is 0 Å². The summed E-state index contributed by atoms with van der Waals surface area (Å²) in [5.74, 6) is -0.0198. The van der Waals surface area contributed by atoms with Gasteiger partial charge in [0.25, 0.3) is 0 Å². The Balaban J connectivity index is 1.66. The second-order valence-electron chi connectivity index (χ2n) is 6.00. The topological polar surface area (TPSA) is 61.4 Å². The molecule has 0 bridgehead atoms. The third-order valence-corrected chi connectivity index (χ3v) is 4.66. The van der Waals surface area contributed by atoms with Crippen LogP contribution in [0.25, 0.3) is 0 Å². The molecule has 0 spiro atoms. The number of carbonyl (C=O) groups excluding carboxylic acids is 2. The molecule has 1 aliphatic heterocycles. The summed E-state index contributed by atoms with van der Waals surface area (Å²) >= 11 is 3.47. The van der Waals surface area contributed by atoms with Gasteiger partial charge in [0, 0.05) is 24.5 Å². The van der Waals surface area contributed by atoms with Crippen LogP contribution in [0.5, 0.6) is 0 Å². The summed E-state index contributed by atoms with van der Waals surface area (Å²) < 4.78 is 0.885. The van der Waals surface area contributed by atoms with Crippen LogP contribution in [0.1, 0.15) is 18.1 Å². The lowest BCUT2D eigenvalue weighted by Gasteiger charge is -2.19. The SMILES string of the molecule is CC(=O)N1CCc2cc(Br)cc(NC(=O)NCCc3ccccc3)c21. The van der Waals surface area contributed by atoms with Crippen LogP contribution in [0.2, 0.25) is 0 Å². The quantitative estimate of drug-likeness (QED) is 0.819. The third kappa shape index (κ3) is 4.20. The maximum absolute atomic E-state index is 12.2. The Morgan fingerprint density at radius 1 is 1.20 bits per heavy atom. The number of hydrogen-bond donors (Lipinski definition) is 2. The molecule has 0 fully saturated rings. The van der Waals surface area contributed by atoms with Crippen LogP contribution in [-0.4, -0.2) is 25.0 Å². The molecule has 0 atom stereocenters. The van der Waals surface area contributed by atoms with Gasteiger partial charge in [-0.25, -0.2) is 4.79 Å². The van der Waals surface area contributed by atoms with E-state index in [1.165, 1.54) is 5.56 Å². The number of halogens is 1. The average Bonchev–Trinajstić information content (AvgIpc) is 3.00. The van der Waals surface area contributed by atoms with Crippen molar-refractivity contribution in [1.29, 1.82) is 0 Å². The molecule has 0 saturated carbocycles. The van der Waals surface area contributed by atoms with Gasteiger partial charge in [0.15, 0.2) is 0 Å². The predicted molar refractivity (Wildman–Crippen MR) is 103 cm³/mol. The van der Waals surface area contributed by atoms with Gasteiger partial charge >= 0.3 is 6.03 Å². The minimum absolute atomic E-state index is 0.0198. The minimum atomic E-state index is -0.272. The molecule has 2 aromatic carbocycles. The zero-order chi connectivity index (χ0) is 17.8. The molecular formula is C19H20BrN3O2. The highest BCUT2D eigenvalue weighted by Gasteiger charge is 2.26. The molecule has 130 valence electrons. The molecule has 25 heavy (non-hydrogen) atoms. The summed E-state index contributed by atoms with van der Waals surface area (Å²) in [6.07, 6.45) is 1.56. The number of amides is 3. The summed E-state index contributed by atoms with van der Waals surface area (Å²) in [6, 6.07) is 13.6. The molecule has 2 N–H and O–H groups in total. The zero-order valence-electron chi connectivity index (χ0n) is 14.0. The highest BCUT2D eigenvalue weighted by molar-refractivity contribution is 9.10. The van der Waals surface area contributed by atoms with Gasteiger partial charge in [0.1, 0.15) is 0 Å². The smallest absolute Gasteiger partial charge is 0.319 e. The van der Waals surface area contributed by atoms with Crippen molar-refractivity contribution in [2.24, 2.45) is 0 Å². The average molecular weight is 402 g/mol. The second kappa shape index (κ2) is 7.70. The summed E-state index contributed by atoms with van der Waals surface area (Å²) in [5.41, 5.74) is 3.68. The van der Waals surface area contributed by atoms with Crippen molar-refractivity contribution < 1.29 is 9.59 Å². The highest BCUT2D eigenvalue weighted by atomic mass is 79.9. The van der Waals surface area contributed by atoms with Crippen LogP contribution in [-0.2, 0) is 17.6 Å². The number of nitrogens with one attached hydrogen (secondary N) is 2. The van der Waals surface area contributed by atoms with Crippen molar-refractivity contribution in [2.45, 2.75) is 19.8 Å². The number of fused-ring (bicyclic) bond motifs is 1. The normalized spacial score (nSPS) is 12.6. The number of nitrogens with zero attached hydrogens (tertiary/aromatic N) is 1. The molecule has 3 rings (SSSR count). The fourth-order valence-corrected chi connectivity index (χ4v) is 3.56. The van der Waals surface area contributed by atoms with Gasteiger partial charge in [-0.3, -0.25) is 4.79 Å². The van der Waals surface area contributed by atoms with Crippen molar-refractivity contribution >= 4 is 39.2 Å². The van der Waals surface area contributed by atoms with E-state index >= 15 is 0 Å². The van der Waals surface area contributed by atoms with Crippen molar-refractivity contribution in [3.05, 3.63) is 58.1 Å². The Kier molecular flexibility index (Phi) is 5.38. The molecule has 5 nitrogen and oxygen atoms in total. The van der Waals surface area contributed by atoms with Crippen LogP contribution in [0.4, 0.5) is 16.2 Å². The monoisotopic (exact) mass is 401 g/mol. The van der Waals surface area contributed by atoms with E-state index in [0.717, 1.165) is 28.6 Å². The maximum Gasteiger partial charge on any atom is 0.319 e. The second-order valence-corrected chi connectivity index (χ2v) is 6.91. The Bertz CT molecular complexity index is 793. The van der Waals surface area contributed by atoms with E-state index in [2.05, 4.69) is 26.6 Å². The third-order valence-electron chi connectivity index (χ3n) is 4.20. The van der Waals surface area contributed by atoms with Gasteiger partial charge in [-0.15, -0.1) is 0 Å². The molecule has 3 amide bonds. The summed E-state index contributed by atoms with van der Waals surface area (Å²) in [5, 5.41) is 5.75. The Hall–Kier alpha value is -2.34. The number of hydrogen-bond acceptors (Lipinski definition) is 2. The zero-order valence-corrected chi connectivity index (χ0v) is 15.6. The van der Waals surface area contributed by atoms with Crippen LogP contribution in [0.3, 0.4) is 0 Å². The molecule has 1 heterocycles. The van der Waals surface area contributed by atoms with Gasteiger partial charge in [-0.1, -0.05) is 46.3 Å². The lowest BCUT2D eigenvalue weighted by atomic mass is 10.1. The van der Waals surface area contributed by atoms with Crippen molar-refractivity contribution in [2.75, 3.05) is 23.3 Å². The fourth-order valence-electron chi connectivity index (χ4n) is 3.05. The van der Waals surface area contributed by atoms with E-state index in [9.17, 15) is 9.59 Å². The molecule has 2 aromatic rings. The fraction of sp³-hybridized carbons (Fsp3) is 0.263. The summed E-state index contributed by atoms with van der Waals surface area (Å²) in [4.78, 5) is 25.8. The number of urea groups is 1. The Morgan fingerprint density at radius 3 is 2.68 bits per heavy atom. The van der Waals surface area contributed by atoms with E-state index in [-0.39, 0.29) is 11.9 Å². The van der Waals surface area contributed by atoms with Gasteiger partial charge in [0.2, 0.25) is 5.91 Å². The van der Waals surface area contributed by atoms with E-state index in [1.807, 2.05) is 42.5 Å². The van der Waals surface area contributed by atoms with Crippen molar-refractivity contribution in [1.82, 2.24) is 5.32 Å². The highest BCUT2D eigenvalue weighted by Crippen LogP contribution is 2.38. The molecule has 6 heteroatoms. The lowest BCUT2D eigenvalue weighted by Crippen LogP contribution is -2.32. The van der Waals surface area contributed by atoms with Gasteiger partial charge in [0.05, 0.1) is 11.4 Å². The maximum atomic E-state index is 12.2. The van der Waals surface area contributed by atoms with E-state index in [0.29, 0.717) is 18.8 Å². The first kappa shape index (κ1) is 17.5. The van der Waals surface area contributed by atoms with Crippen LogP contribution in [0.15, 0.2) is 46.9 Å². The van der Waals surface area contributed by atoms with Crippen LogP contribution >= 0.6 is 15.9 Å². The van der Waals surface area contributed by atoms with Crippen molar-refractivity contribution in [3.63, 3.8) is 0 Å². The van der Waals surface area contributed by atoms with Crippen molar-refractivity contribution in [3.8, 4) is 0 Å². The largest absolute Gasteiger partial charge is 0.338 e. The molecular weight excluding hydrogens is 382 g/mol. The first-order valence-electron chi connectivity index (χ1n) is 8.24. The molecule has 0 unspecified atom stereocenters. The molecule has 1 aliphatic rings. The number of anilines is 2.